The molecule has 0 saturated carbocycles. The van der Waals surface area contributed by atoms with Crippen LogP contribution in [0.2, 0.25) is 5.02 Å². The summed E-state index contributed by atoms with van der Waals surface area (Å²) in [6.45, 7) is -0.524. The Kier molecular flexibility index (Phi) is 5.97. The molecule has 0 fully saturated rings. The summed E-state index contributed by atoms with van der Waals surface area (Å²) in [5.41, 5.74) is 2.80. The highest BCUT2D eigenvalue weighted by Gasteiger charge is 2.32. The van der Waals surface area contributed by atoms with Crippen LogP contribution >= 0.6 is 27.5 Å². The summed E-state index contributed by atoms with van der Waals surface area (Å²) in [7, 11) is 0. The minimum atomic E-state index is -4.73. The van der Waals surface area contributed by atoms with E-state index >= 15 is 0 Å². The van der Waals surface area contributed by atoms with Gasteiger partial charge in [-0.2, -0.15) is 13.2 Å². The number of nitrogens with one attached hydrogen (secondary N) is 1. The molecule has 0 radical (unpaired) electrons. The molecular formula is C15H11BrClF4N3O2. The maximum atomic E-state index is 14.2. The van der Waals surface area contributed by atoms with E-state index in [9.17, 15) is 27.2 Å². The predicted octanol–water partition coefficient (Wildman–Crippen LogP) is 4.09. The largest absolute Gasteiger partial charge is 0.416 e. The van der Waals surface area contributed by atoms with Gasteiger partial charge in [-0.05, 0) is 24.3 Å². The zero-order valence-corrected chi connectivity index (χ0v) is 15.2. The maximum absolute atomic E-state index is 14.2. The van der Waals surface area contributed by atoms with E-state index in [1.54, 1.807) is 0 Å². The second-order valence-corrected chi connectivity index (χ2v) is 6.15. The minimum absolute atomic E-state index is 0.160. The third kappa shape index (κ3) is 4.36. The molecule has 1 heterocycles. The van der Waals surface area contributed by atoms with Crippen LogP contribution in [0, 0.1) is 5.82 Å². The number of hydrogen-bond donors (Lipinski definition) is 2. The minimum Gasteiger partial charge on any atom is -0.351 e. The van der Waals surface area contributed by atoms with Gasteiger partial charge in [0.25, 0.3) is 5.56 Å². The lowest BCUT2D eigenvalue weighted by Crippen LogP contribution is -2.30. The summed E-state index contributed by atoms with van der Waals surface area (Å²) in [6.07, 6.45) is -4.73. The topological polar surface area (TPSA) is 77.1 Å². The average Bonchev–Trinajstić information content (AvgIpc) is 2.53. The molecule has 26 heavy (non-hydrogen) atoms. The summed E-state index contributed by atoms with van der Waals surface area (Å²) < 4.78 is 54.0. The summed E-state index contributed by atoms with van der Waals surface area (Å²) in [4.78, 5) is 23.4. The monoisotopic (exact) mass is 455 g/mol. The van der Waals surface area contributed by atoms with Gasteiger partial charge in [0.15, 0.2) is 0 Å². The van der Waals surface area contributed by atoms with Gasteiger partial charge < -0.3 is 15.6 Å². The first-order valence-corrected chi connectivity index (χ1v) is 8.44. The van der Waals surface area contributed by atoms with Crippen LogP contribution in [0.4, 0.5) is 28.0 Å². The van der Waals surface area contributed by atoms with Crippen molar-refractivity contribution < 1.29 is 22.4 Å². The average molecular weight is 457 g/mol. The Bertz CT molecular complexity index is 915. The van der Waals surface area contributed by atoms with Gasteiger partial charge in [0.2, 0.25) is 0 Å². The Labute approximate surface area is 157 Å². The van der Waals surface area contributed by atoms with Crippen molar-refractivity contribution >= 4 is 39.2 Å². The molecule has 0 saturated heterocycles. The molecule has 5 nitrogen and oxygen atoms in total. The summed E-state index contributed by atoms with van der Waals surface area (Å²) in [5.74, 6) is -1.07. The van der Waals surface area contributed by atoms with E-state index in [0.29, 0.717) is 17.8 Å². The molecule has 0 atom stereocenters. The lowest BCUT2D eigenvalue weighted by molar-refractivity contribution is -0.137. The van der Waals surface area contributed by atoms with Crippen molar-refractivity contribution in [2.75, 3.05) is 5.32 Å². The molecule has 2 rings (SSSR count). The third-order valence-corrected chi connectivity index (χ3v) is 4.27. The number of urea groups is 1. The number of pyridine rings is 1. The van der Waals surface area contributed by atoms with Crippen molar-refractivity contribution in [3.8, 4) is 0 Å². The van der Waals surface area contributed by atoms with Crippen molar-refractivity contribution in [1.82, 2.24) is 4.57 Å². The molecule has 0 unspecified atom stereocenters. The van der Waals surface area contributed by atoms with Gasteiger partial charge in [0.05, 0.1) is 17.1 Å². The first-order chi connectivity index (χ1) is 12.0. The van der Waals surface area contributed by atoms with Gasteiger partial charge in [0.1, 0.15) is 11.5 Å². The fraction of sp³-hybridized carbons (Fsp3) is 0.200. The van der Waals surface area contributed by atoms with Crippen LogP contribution in [0.3, 0.4) is 0 Å². The number of aromatic nitrogens is 1. The van der Waals surface area contributed by atoms with Crippen molar-refractivity contribution in [3.05, 3.63) is 62.3 Å². The first kappa shape index (κ1) is 20.2. The van der Waals surface area contributed by atoms with Crippen molar-refractivity contribution in [1.29, 1.82) is 0 Å². The van der Waals surface area contributed by atoms with Crippen LogP contribution < -0.4 is 16.6 Å². The zero-order valence-electron chi connectivity index (χ0n) is 12.8. The number of benzene rings is 1. The number of nitrogens with zero attached hydrogens (tertiary/aromatic N) is 1. The fourth-order valence-corrected chi connectivity index (χ4v) is 2.96. The van der Waals surface area contributed by atoms with Crippen LogP contribution in [0.25, 0.3) is 0 Å². The highest BCUT2D eigenvalue weighted by atomic mass is 79.9. The number of halogens is 6. The van der Waals surface area contributed by atoms with E-state index in [1.165, 1.54) is 12.1 Å². The smallest absolute Gasteiger partial charge is 0.351 e. The molecular weight excluding hydrogens is 446 g/mol. The highest BCUT2D eigenvalue weighted by Crippen LogP contribution is 2.33. The van der Waals surface area contributed by atoms with Crippen LogP contribution in [0.5, 0.6) is 0 Å². The predicted molar refractivity (Wildman–Crippen MR) is 92.1 cm³/mol. The first-order valence-electron chi connectivity index (χ1n) is 6.95. The van der Waals surface area contributed by atoms with Gasteiger partial charge in [-0.25, -0.2) is 9.18 Å². The van der Waals surface area contributed by atoms with Gasteiger partial charge >= 0.3 is 12.2 Å². The second kappa shape index (κ2) is 7.67. The molecule has 0 spiro atoms. The standard InChI is InChI=1S/C15H11BrClF4N3O2/c16-5-9-1-2-11(23-14(22)26)13(25)24(9)6-7-3-8(15(19,20)21)4-10(17)12(7)18/h1-4H,5-6H2,(H3,22,23,26). The van der Waals surface area contributed by atoms with E-state index in [2.05, 4.69) is 21.2 Å². The Morgan fingerprint density at radius 3 is 2.50 bits per heavy atom. The van der Waals surface area contributed by atoms with E-state index in [0.717, 1.165) is 4.57 Å². The molecule has 11 heteroatoms. The Hall–Kier alpha value is -2.07. The summed E-state index contributed by atoms with van der Waals surface area (Å²) >= 11 is 8.70. The molecule has 0 bridgehead atoms. The number of hydrogen-bond acceptors (Lipinski definition) is 2. The van der Waals surface area contributed by atoms with E-state index < -0.39 is 46.3 Å². The molecule has 3 N–H and O–H groups in total. The van der Waals surface area contributed by atoms with Crippen LogP contribution in [0.1, 0.15) is 16.8 Å². The normalized spacial score (nSPS) is 11.5. The molecule has 0 aliphatic heterocycles. The van der Waals surface area contributed by atoms with E-state index in [1.807, 2.05) is 0 Å². The number of amides is 2. The molecule has 0 aliphatic carbocycles. The number of rotatable bonds is 4. The van der Waals surface area contributed by atoms with Crippen molar-refractivity contribution in [3.63, 3.8) is 0 Å². The lowest BCUT2D eigenvalue weighted by atomic mass is 10.1. The molecule has 1 aromatic heterocycles. The number of carbonyl (C=O) groups is 1. The number of carbonyl (C=O) groups excluding carboxylic acids is 1. The van der Waals surface area contributed by atoms with Crippen LogP contribution in [0.15, 0.2) is 29.1 Å². The highest BCUT2D eigenvalue weighted by molar-refractivity contribution is 9.08. The van der Waals surface area contributed by atoms with E-state index in [-0.39, 0.29) is 11.0 Å². The quantitative estimate of drug-likeness (QED) is 0.537. The van der Waals surface area contributed by atoms with Gasteiger partial charge in [0, 0.05) is 16.6 Å². The molecule has 1 aromatic carbocycles. The Balaban J connectivity index is 2.59. The van der Waals surface area contributed by atoms with Crippen molar-refractivity contribution in [2.45, 2.75) is 18.1 Å². The number of anilines is 1. The molecule has 2 amide bonds. The number of nitrogens with two attached hydrogens (primary N) is 1. The number of alkyl halides is 4. The maximum Gasteiger partial charge on any atom is 0.416 e. The number of primary amides is 1. The second-order valence-electron chi connectivity index (χ2n) is 5.18. The Morgan fingerprint density at radius 1 is 1.31 bits per heavy atom. The van der Waals surface area contributed by atoms with Gasteiger partial charge in [-0.15, -0.1) is 0 Å². The molecule has 0 aliphatic rings. The van der Waals surface area contributed by atoms with Crippen molar-refractivity contribution in [2.24, 2.45) is 5.73 Å². The molecule has 140 valence electrons. The summed E-state index contributed by atoms with van der Waals surface area (Å²) in [5, 5.41) is 1.55. The van der Waals surface area contributed by atoms with Crippen LogP contribution in [-0.2, 0) is 18.1 Å². The van der Waals surface area contributed by atoms with E-state index in [4.69, 9.17) is 17.3 Å². The summed E-state index contributed by atoms with van der Waals surface area (Å²) in [6, 6.07) is 2.79. The Morgan fingerprint density at radius 2 is 1.96 bits per heavy atom. The van der Waals surface area contributed by atoms with Gasteiger partial charge in [-0.3, -0.25) is 4.79 Å². The van der Waals surface area contributed by atoms with Crippen LogP contribution in [-0.4, -0.2) is 10.6 Å². The zero-order chi connectivity index (χ0) is 19.6. The lowest BCUT2D eigenvalue weighted by Gasteiger charge is -2.16. The fourth-order valence-electron chi connectivity index (χ4n) is 2.23. The third-order valence-electron chi connectivity index (χ3n) is 3.42. The SMILES string of the molecule is NC(=O)Nc1ccc(CBr)n(Cc2cc(C(F)(F)F)cc(Cl)c2F)c1=O. The molecule has 2 aromatic rings. The van der Waals surface area contributed by atoms with Gasteiger partial charge in [-0.1, -0.05) is 27.5 Å².